The molecule has 0 spiro atoms. The maximum atomic E-state index is 13.0. The first-order valence-electron chi connectivity index (χ1n) is 10.5. The number of aryl methyl sites for hydroxylation is 1. The molecule has 1 atom stereocenters. The third-order valence-electron chi connectivity index (χ3n) is 5.64. The molecule has 0 saturated heterocycles. The summed E-state index contributed by atoms with van der Waals surface area (Å²) in [4.78, 5) is 11.1. The van der Waals surface area contributed by atoms with Gasteiger partial charge in [0.25, 0.3) is 0 Å². The zero-order valence-corrected chi connectivity index (χ0v) is 19.6. The van der Waals surface area contributed by atoms with Crippen LogP contribution in [0.4, 0.5) is 0 Å². The maximum absolute atomic E-state index is 13.0. The van der Waals surface area contributed by atoms with Crippen molar-refractivity contribution in [1.29, 1.82) is 0 Å². The van der Waals surface area contributed by atoms with Crippen LogP contribution in [-0.2, 0) is 27.6 Å². The van der Waals surface area contributed by atoms with Crippen LogP contribution in [0.5, 0.6) is 11.5 Å². The third kappa shape index (κ3) is 5.21. The Kier molecular flexibility index (Phi) is 6.73. The summed E-state index contributed by atoms with van der Waals surface area (Å²) in [6.45, 7) is 1.70. The summed E-state index contributed by atoms with van der Waals surface area (Å²) in [5.41, 5.74) is 2.62. The minimum Gasteiger partial charge on any atom is -0.480 e. The second-order valence-corrected chi connectivity index (χ2v) is 10.4. The van der Waals surface area contributed by atoms with Gasteiger partial charge in [-0.15, -0.1) is 0 Å². The third-order valence-corrected chi connectivity index (χ3v) is 7.46. The number of nitrogens with one attached hydrogen (secondary N) is 1. The largest absolute Gasteiger partial charge is 0.480 e. The standard InChI is InChI=1S/C23H24ClN3O5S/c1-15-5-2-3-8-21(15)32-22-10-9-16(11-18(22)24)33(30,31)14-25-19-6-4-7-20-17(19)12-26-27(20)13-23(28)29/h2-3,5,8-12,19,25H,4,6-7,13-14H2,1H3,(H,28,29)/t19-/m1/s1. The fourth-order valence-corrected chi connectivity index (χ4v) is 5.38. The van der Waals surface area contributed by atoms with E-state index in [1.165, 1.54) is 16.8 Å². The number of fused-ring (bicyclic) bond motifs is 1. The van der Waals surface area contributed by atoms with Gasteiger partial charge in [-0.1, -0.05) is 29.8 Å². The van der Waals surface area contributed by atoms with E-state index in [2.05, 4.69) is 10.4 Å². The van der Waals surface area contributed by atoms with E-state index in [4.69, 9.17) is 21.4 Å². The molecule has 174 valence electrons. The second-order valence-electron chi connectivity index (χ2n) is 7.97. The van der Waals surface area contributed by atoms with Crippen LogP contribution >= 0.6 is 11.6 Å². The number of hydrogen-bond acceptors (Lipinski definition) is 6. The average Bonchev–Trinajstić information content (AvgIpc) is 3.18. The molecule has 0 radical (unpaired) electrons. The molecule has 1 heterocycles. The monoisotopic (exact) mass is 489 g/mol. The molecule has 1 aromatic heterocycles. The van der Waals surface area contributed by atoms with Gasteiger partial charge in [-0.2, -0.15) is 5.10 Å². The van der Waals surface area contributed by atoms with Gasteiger partial charge in [0.2, 0.25) is 0 Å². The molecule has 33 heavy (non-hydrogen) atoms. The number of aliphatic carboxylic acids is 1. The fraction of sp³-hybridized carbons (Fsp3) is 0.304. The van der Waals surface area contributed by atoms with Crippen molar-refractivity contribution in [1.82, 2.24) is 15.1 Å². The van der Waals surface area contributed by atoms with Crippen molar-refractivity contribution in [2.75, 3.05) is 5.88 Å². The van der Waals surface area contributed by atoms with Crippen LogP contribution in [0.2, 0.25) is 5.02 Å². The maximum Gasteiger partial charge on any atom is 0.325 e. The normalized spacial score (nSPS) is 15.8. The molecule has 0 amide bonds. The summed E-state index contributed by atoms with van der Waals surface area (Å²) in [6, 6.07) is 11.7. The van der Waals surface area contributed by atoms with E-state index in [1.807, 2.05) is 31.2 Å². The molecule has 1 aliphatic carbocycles. The predicted molar refractivity (Wildman–Crippen MR) is 123 cm³/mol. The number of rotatable bonds is 8. The topological polar surface area (TPSA) is 111 Å². The van der Waals surface area contributed by atoms with Crippen LogP contribution in [0.15, 0.2) is 53.6 Å². The number of sulfone groups is 1. The Labute approximate surface area is 197 Å². The summed E-state index contributed by atoms with van der Waals surface area (Å²) in [6.07, 6.45) is 3.89. The van der Waals surface area contributed by atoms with Crippen LogP contribution in [0.1, 0.15) is 35.7 Å². The molecular weight excluding hydrogens is 466 g/mol. The number of carboxylic acid groups (broad SMARTS) is 1. The smallest absolute Gasteiger partial charge is 0.325 e. The minimum atomic E-state index is -3.67. The van der Waals surface area contributed by atoms with Crippen molar-refractivity contribution >= 4 is 27.4 Å². The quantitative estimate of drug-likeness (QED) is 0.489. The van der Waals surface area contributed by atoms with Crippen molar-refractivity contribution in [3.63, 3.8) is 0 Å². The lowest BCUT2D eigenvalue weighted by molar-refractivity contribution is -0.137. The number of benzene rings is 2. The van der Waals surface area contributed by atoms with Gasteiger partial charge < -0.3 is 9.84 Å². The van der Waals surface area contributed by atoms with Crippen LogP contribution in [0.25, 0.3) is 0 Å². The van der Waals surface area contributed by atoms with Gasteiger partial charge in [-0.3, -0.25) is 14.8 Å². The van der Waals surface area contributed by atoms with Crippen molar-refractivity contribution in [2.24, 2.45) is 0 Å². The highest BCUT2D eigenvalue weighted by Gasteiger charge is 2.26. The van der Waals surface area contributed by atoms with Crippen LogP contribution in [0.3, 0.4) is 0 Å². The molecule has 0 unspecified atom stereocenters. The number of ether oxygens (including phenoxy) is 1. The molecule has 1 aliphatic rings. The van der Waals surface area contributed by atoms with E-state index < -0.39 is 15.8 Å². The lowest BCUT2D eigenvalue weighted by atomic mass is 9.93. The highest BCUT2D eigenvalue weighted by Crippen LogP contribution is 2.33. The molecule has 0 bridgehead atoms. The van der Waals surface area contributed by atoms with Gasteiger partial charge in [0.1, 0.15) is 23.9 Å². The van der Waals surface area contributed by atoms with E-state index in [9.17, 15) is 13.2 Å². The summed E-state index contributed by atoms with van der Waals surface area (Å²) in [5.74, 6) is -0.227. The van der Waals surface area contributed by atoms with E-state index in [-0.39, 0.29) is 28.4 Å². The number of para-hydroxylation sites is 1. The summed E-state index contributed by atoms with van der Waals surface area (Å²) >= 11 is 6.33. The first kappa shape index (κ1) is 23.3. The summed E-state index contributed by atoms with van der Waals surface area (Å²) < 4.78 is 33.2. The van der Waals surface area contributed by atoms with E-state index in [1.54, 1.807) is 12.3 Å². The highest BCUT2D eigenvalue weighted by molar-refractivity contribution is 7.91. The zero-order chi connectivity index (χ0) is 23.6. The van der Waals surface area contributed by atoms with E-state index in [0.717, 1.165) is 29.7 Å². The Morgan fingerprint density at radius 3 is 2.79 bits per heavy atom. The zero-order valence-electron chi connectivity index (χ0n) is 18.0. The molecule has 2 N–H and O–H groups in total. The molecule has 4 rings (SSSR count). The Balaban J connectivity index is 1.47. The van der Waals surface area contributed by atoms with Gasteiger partial charge >= 0.3 is 5.97 Å². The SMILES string of the molecule is Cc1ccccc1Oc1ccc(S(=O)(=O)CN[C@@H]2CCCc3c2cnn3CC(=O)O)cc1Cl. The van der Waals surface area contributed by atoms with Crippen LogP contribution < -0.4 is 10.1 Å². The van der Waals surface area contributed by atoms with Crippen LogP contribution in [0, 0.1) is 6.92 Å². The van der Waals surface area contributed by atoms with Crippen molar-refractivity contribution in [2.45, 2.75) is 43.7 Å². The van der Waals surface area contributed by atoms with Gasteiger partial charge in [-0.05, 0) is 56.0 Å². The number of aromatic nitrogens is 2. The van der Waals surface area contributed by atoms with Crippen LogP contribution in [-0.4, -0.2) is 35.2 Å². The highest BCUT2D eigenvalue weighted by atomic mass is 35.5. The second kappa shape index (κ2) is 9.54. The molecule has 0 aliphatic heterocycles. The Bertz CT molecular complexity index is 1290. The summed E-state index contributed by atoms with van der Waals surface area (Å²) in [7, 11) is -3.67. The van der Waals surface area contributed by atoms with Gasteiger partial charge in [0.05, 0.1) is 16.1 Å². The van der Waals surface area contributed by atoms with Crippen molar-refractivity contribution in [3.8, 4) is 11.5 Å². The van der Waals surface area contributed by atoms with Crippen molar-refractivity contribution in [3.05, 3.63) is 70.5 Å². The molecule has 2 aromatic carbocycles. The minimum absolute atomic E-state index is 0.0924. The van der Waals surface area contributed by atoms with Crippen molar-refractivity contribution < 1.29 is 23.1 Å². The lowest BCUT2D eigenvalue weighted by Crippen LogP contribution is -2.30. The molecule has 0 saturated carbocycles. The molecule has 8 nitrogen and oxygen atoms in total. The first-order chi connectivity index (χ1) is 15.7. The number of carbonyl (C=O) groups is 1. The van der Waals surface area contributed by atoms with Gasteiger partial charge in [0.15, 0.2) is 9.84 Å². The number of carboxylic acids is 1. The van der Waals surface area contributed by atoms with Gasteiger partial charge in [-0.25, -0.2) is 8.42 Å². The average molecular weight is 490 g/mol. The van der Waals surface area contributed by atoms with E-state index >= 15 is 0 Å². The molecule has 0 fully saturated rings. The Morgan fingerprint density at radius 2 is 2.06 bits per heavy atom. The number of hydrogen-bond donors (Lipinski definition) is 2. The first-order valence-corrected chi connectivity index (χ1v) is 12.5. The Morgan fingerprint density at radius 1 is 1.27 bits per heavy atom. The predicted octanol–water partition coefficient (Wildman–Crippen LogP) is 4.12. The summed E-state index contributed by atoms with van der Waals surface area (Å²) in [5, 5.41) is 16.5. The fourth-order valence-electron chi connectivity index (χ4n) is 3.94. The Hall–Kier alpha value is -2.88. The van der Waals surface area contributed by atoms with Gasteiger partial charge in [0, 0.05) is 17.3 Å². The number of nitrogens with zero attached hydrogens (tertiary/aromatic N) is 2. The molecular formula is C23H24ClN3O5S. The molecule has 10 heteroatoms. The number of halogens is 1. The molecule has 3 aromatic rings. The lowest BCUT2D eigenvalue weighted by Gasteiger charge is -2.24. The van der Waals surface area contributed by atoms with E-state index in [0.29, 0.717) is 17.9 Å².